The summed E-state index contributed by atoms with van der Waals surface area (Å²) in [4.78, 5) is 15.4. The summed E-state index contributed by atoms with van der Waals surface area (Å²) in [5.41, 5.74) is 0.710. The minimum absolute atomic E-state index is 0.133. The number of alkyl halides is 3. The van der Waals surface area contributed by atoms with Gasteiger partial charge in [-0.15, -0.1) is 5.10 Å². The van der Waals surface area contributed by atoms with E-state index < -0.39 is 18.5 Å². The predicted molar refractivity (Wildman–Crippen MR) is 82.5 cm³/mol. The van der Waals surface area contributed by atoms with Gasteiger partial charge in [0, 0.05) is 31.6 Å². The quantitative estimate of drug-likeness (QED) is 0.829. The molecule has 132 valence electrons. The van der Waals surface area contributed by atoms with E-state index in [-0.39, 0.29) is 5.41 Å². The number of aromatic nitrogens is 2. The van der Waals surface area contributed by atoms with E-state index in [1.54, 1.807) is 0 Å². The van der Waals surface area contributed by atoms with Crippen LogP contribution in [-0.4, -0.2) is 53.4 Å². The lowest BCUT2D eigenvalue weighted by Gasteiger charge is -2.40. The Morgan fingerprint density at radius 1 is 1.21 bits per heavy atom. The van der Waals surface area contributed by atoms with Crippen LogP contribution in [0.2, 0.25) is 0 Å². The second-order valence-corrected chi connectivity index (χ2v) is 6.92. The number of anilines is 1. The number of piperidine rings is 1. The molecule has 5 nitrogen and oxygen atoms in total. The highest BCUT2D eigenvalue weighted by atomic mass is 19.4. The number of hydrogen-bond acceptors (Lipinski definition) is 4. The first kappa shape index (κ1) is 17.0. The maximum atomic E-state index is 12.4. The van der Waals surface area contributed by atoms with Crippen LogP contribution in [-0.2, 0) is 4.79 Å². The topological polar surface area (TPSA) is 49.3 Å². The summed E-state index contributed by atoms with van der Waals surface area (Å²) in [6, 6.07) is 3.82. The fourth-order valence-corrected chi connectivity index (χ4v) is 3.73. The van der Waals surface area contributed by atoms with Crippen molar-refractivity contribution >= 4 is 11.7 Å². The number of carbonyl (C=O) groups is 1. The van der Waals surface area contributed by atoms with E-state index in [1.807, 2.05) is 19.1 Å². The lowest BCUT2D eigenvalue weighted by atomic mass is 9.79. The van der Waals surface area contributed by atoms with Crippen molar-refractivity contribution in [3.8, 4) is 0 Å². The van der Waals surface area contributed by atoms with Crippen molar-refractivity contribution < 1.29 is 18.0 Å². The fraction of sp³-hybridized carbons (Fsp3) is 0.688. The highest BCUT2D eigenvalue weighted by Crippen LogP contribution is 2.40. The molecular weight excluding hydrogens is 321 g/mol. The second-order valence-electron chi connectivity index (χ2n) is 6.92. The molecule has 1 aromatic heterocycles. The molecule has 0 aliphatic carbocycles. The molecule has 0 unspecified atom stereocenters. The molecule has 1 atom stereocenters. The minimum atomic E-state index is -4.44. The molecule has 2 saturated heterocycles. The summed E-state index contributed by atoms with van der Waals surface area (Å²) in [5.74, 6) is -0.0219. The third-order valence-corrected chi connectivity index (χ3v) is 4.91. The van der Waals surface area contributed by atoms with Crippen LogP contribution in [0.25, 0.3) is 0 Å². The van der Waals surface area contributed by atoms with Crippen molar-refractivity contribution in [3.63, 3.8) is 0 Å². The summed E-state index contributed by atoms with van der Waals surface area (Å²) in [6.45, 7) is 4.24. The molecule has 3 rings (SSSR count). The van der Waals surface area contributed by atoms with Gasteiger partial charge >= 0.3 is 6.18 Å². The molecule has 2 fully saturated rings. The Labute approximate surface area is 138 Å². The van der Waals surface area contributed by atoms with Crippen LogP contribution in [0.4, 0.5) is 19.0 Å². The number of aryl methyl sites for hydroxylation is 1. The molecule has 1 spiro atoms. The molecule has 0 bridgehead atoms. The normalized spacial score (nSPS) is 24.7. The highest BCUT2D eigenvalue weighted by molar-refractivity contribution is 5.77. The van der Waals surface area contributed by atoms with Gasteiger partial charge in [-0.25, -0.2) is 0 Å². The second kappa shape index (κ2) is 6.22. The first-order valence-corrected chi connectivity index (χ1v) is 8.16. The number of rotatable bonds is 2. The van der Waals surface area contributed by atoms with Crippen LogP contribution in [0.15, 0.2) is 12.1 Å². The SMILES string of the molecule is Cc1ccc(N2CCC[C@]3(CCN(C(=O)CC(F)(F)F)C3)C2)nn1. The Balaban J connectivity index is 1.66. The number of halogens is 3. The number of nitrogens with zero attached hydrogens (tertiary/aromatic N) is 4. The van der Waals surface area contributed by atoms with E-state index in [4.69, 9.17) is 0 Å². The Morgan fingerprint density at radius 2 is 2.00 bits per heavy atom. The summed E-state index contributed by atoms with van der Waals surface area (Å²) >= 11 is 0. The summed E-state index contributed by atoms with van der Waals surface area (Å²) < 4.78 is 37.3. The smallest absolute Gasteiger partial charge is 0.355 e. The molecule has 8 heteroatoms. The van der Waals surface area contributed by atoms with Gasteiger partial charge in [-0.05, 0) is 38.3 Å². The van der Waals surface area contributed by atoms with Crippen LogP contribution in [0.3, 0.4) is 0 Å². The standard InChI is InChI=1S/C16H21F3N4O/c1-12-3-4-13(21-20-12)22-7-2-5-15(10-22)6-8-23(11-15)14(24)9-16(17,18)19/h3-4H,2,5-11H2,1H3/t15-/m0/s1. The minimum Gasteiger partial charge on any atom is -0.355 e. The van der Waals surface area contributed by atoms with Crippen molar-refractivity contribution in [2.24, 2.45) is 5.41 Å². The van der Waals surface area contributed by atoms with Crippen LogP contribution in [0.1, 0.15) is 31.4 Å². The van der Waals surface area contributed by atoms with Crippen LogP contribution in [0.5, 0.6) is 0 Å². The highest BCUT2D eigenvalue weighted by Gasteiger charge is 2.44. The zero-order chi connectivity index (χ0) is 17.4. The van der Waals surface area contributed by atoms with E-state index in [9.17, 15) is 18.0 Å². The summed E-state index contributed by atoms with van der Waals surface area (Å²) in [6.07, 6.45) is -3.19. The van der Waals surface area contributed by atoms with Crippen LogP contribution >= 0.6 is 0 Å². The zero-order valence-electron chi connectivity index (χ0n) is 13.6. The average molecular weight is 342 g/mol. The molecule has 0 saturated carbocycles. The van der Waals surface area contributed by atoms with Gasteiger partial charge in [0.2, 0.25) is 5.91 Å². The lowest BCUT2D eigenvalue weighted by molar-refractivity contribution is -0.160. The van der Waals surface area contributed by atoms with E-state index in [2.05, 4.69) is 15.1 Å². The van der Waals surface area contributed by atoms with Gasteiger partial charge in [0.15, 0.2) is 5.82 Å². The fourth-order valence-electron chi connectivity index (χ4n) is 3.73. The predicted octanol–water partition coefficient (Wildman–Crippen LogP) is 2.56. The van der Waals surface area contributed by atoms with Crippen molar-refractivity contribution in [1.29, 1.82) is 0 Å². The number of amides is 1. The monoisotopic (exact) mass is 342 g/mol. The Bertz CT molecular complexity index is 604. The molecule has 24 heavy (non-hydrogen) atoms. The number of carbonyl (C=O) groups excluding carboxylic acids is 1. The molecule has 2 aliphatic rings. The average Bonchev–Trinajstić information content (AvgIpc) is 2.90. The molecule has 0 N–H and O–H groups in total. The molecule has 2 aliphatic heterocycles. The number of hydrogen-bond donors (Lipinski definition) is 0. The lowest BCUT2D eigenvalue weighted by Crippen LogP contribution is -2.46. The maximum absolute atomic E-state index is 12.4. The van der Waals surface area contributed by atoms with Gasteiger partial charge < -0.3 is 9.80 Å². The van der Waals surface area contributed by atoms with Gasteiger partial charge in [0.05, 0.1) is 5.69 Å². The van der Waals surface area contributed by atoms with E-state index in [0.29, 0.717) is 19.6 Å². The van der Waals surface area contributed by atoms with Crippen LogP contribution in [0, 0.1) is 12.3 Å². The van der Waals surface area contributed by atoms with Crippen molar-refractivity contribution in [3.05, 3.63) is 17.8 Å². The largest absolute Gasteiger partial charge is 0.397 e. The van der Waals surface area contributed by atoms with Gasteiger partial charge in [-0.1, -0.05) is 0 Å². The van der Waals surface area contributed by atoms with Crippen LogP contribution < -0.4 is 4.90 Å². The van der Waals surface area contributed by atoms with Gasteiger partial charge in [-0.2, -0.15) is 18.3 Å². The van der Waals surface area contributed by atoms with Gasteiger partial charge in [0.1, 0.15) is 6.42 Å². The first-order chi connectivity index (χ1) is 11.3. The molecule has 0 aromatic carbocycles. The number of likely N-dealkylation sites (tertiary alicyclic amines) is 1. The molecule has 0 radical (unpaired) electrons. The third kappa shape index (κ3) is 3.79. The summed E-state index contributed by atoms with van der Waals surface area (Å²) in [7, 11) is 0. The summed E-state index contributed by atoms with van der Waals surface area (Å²) in [5, 5.41) is 8.28. The zero-order valence-corrected chi connectivity index (χ0v) is 13.6. The van der Waals surface area contributed by atoms with Crippen molar-refractivity contribution in [2.75, 3.05) is 31.1 Å². The first-order valence-electron chi connectivity index (χ1n) is 8.16. The molecule has 1 aromatic rings. The van der Waals surface area contributed by atoms with Gasteiger partial charge in [-0.3, -0.25) is 4.79 Å². The maximum Gasteiger partial charge on any atom is 0.397 e. The van der Waals surface area contributed by atoms with Crippen molar-refractivity contribution in [2.45, 2.75) is 38.8 Å². The van der Waals surface area contributed by atoms with E-state index in [0.717, 1.165) is 37.3 Å². The van der Waals surface area contributed by atoms with Gasteiger partial charge in [0.25, 0.3) is 0 Å². The Hall–Kier alpha value is -1.86. The van der Waals surface area contributed by atoms with E-state index in [1.165, 1.54) is 4.90 Å². The molecular formula is C16H21F3N4O. The molecule has 3 heterocycles. The third-order valence-electron chi connectivity index (χ3n) is 4.91. The Kier molecular flexibility index (Phi) is 4.40. The molecule has 1 amide bonds. The van der Waals surface area contributed by atoms with Crippen molar-refractivity contribution in [1.82, 2.24) is 15.1 Å². The Morgan fingerprint density at radius 3 is 2.67 bits per heavy atom. The van der Waals surface area contributed by atoms with E-state index >= 15 is 0 Å².